The van der Waals surface area contributed by atoms with Crippen molar-refractivity contribution in [1.82, 2.24) is 30.1 Å². The van der Waals surface area contributed by atoms with Crippen LogP contribution in [0.15, 0.2) is 42.9 Å². The Morgan fingerprint density at radius 3 is 2.55 bits per heavy atom. The number of nitrogens with one attached hydrogen (secondary N) is 1. The van der Waals surface area contributed by atoms with Crippen LogP contribution in [0.2, 0.25) is 0 Å². The van der Waals surface area contributed by atoms with E-state index in [1.54, 1.807) is 18.3 Å². The zero-order chi connectivity index (χ0) is 20.6. The number of pyridine rings is 2. The van der Waals surface area contributed by atoms with Crippen molar-refractivity contribution in [2.24, 2.45) is 0 Å². The summed E-state index contributed by atoms with van der Waals surface area (Å²) < 4.78 is 38.5. The van der Waals surface area contributed by atoms with E-state index >= 15 is 0 Å². The predicted octanol–water partition coefficient (Wildman–Crippen LogP) is 3.53. The molecule has 4 aromatic heterocycles. The van der Waals surface area contributed by atoms with E-state index in [4.69, 9.17) is 5.73 Å². The van der Waals surface area contributed by atoms with Crippen molar-refractivity contribution in [3.8, 4) is 11.4 Å². The van der Waals surface area contributed by atoms with Gasteiger partial charge in [-0.3, -0.25) is 0 Å². The molecule has 0 aliphatic rings. The van der Waals surface area contributed by atoms with Gasteiger partial charge >= 0.3 is 6.18 Å². The molecule has 0 amide bonds. The lowest BCUT2D eigenvalue weighted by Crippen LogP contribution is -2.11. The summed E-state index contributed by atoms with van der Waals surface area (Å²) >= 11 is 0. The summed E-state index contributed by atoms with van der Waals surface area (Å²) in [5.74, 6) is -0.481. The molecule has 4 rings (SSSR count). The monoisotopic (exact) mass is 398 g/mol. The summed E-state index contributed by atoms with van der Waals surface area (Å²) in [5, 5.41) is 10.8. The molecule has 0 saturated carbocycles. The van der Waals surface area contributed by atoms with Crippen molar-refractivity contribution < 1.29 is 13.2 Å². The molecule has 0 fully saturated rings. The number of alkyl halides is 3. The maximum atomic E-state index is 12.8. The van der Waals surface area contributed by atoms with Crippen LogP contribution < -0.4 is 11.1 Å². The van der Waals surface area contributed by atoms with E-state index in [1.165, 1.54) is 18.5 Å². The zero-order valence-corrected chi connectivity index (χ0v) is 14.9. The average Bonchev–Trinajstić information content (AvgIpc) is 2.67. The summed E-state index contributed by atoms with van der Waals surface area (Å²) in [5.41, 5.74) is 7.64. The van der Waals surface area contributed by atoms with Gasteiger partial charge in [0.2, 0.25) is 0 Å². The molecule has 8 nitrogen and oxygen atoms in total. The van der Waals surface area contributed by atoms with E-state index in [0.717, 1.165) is 11.6 Å². The molecule has 0 aromatic carbocycles. The van der Waals surface area contributed by atoms with Crippen LogP contribution in [0.5, 0.6) is 0 Å². The summed E-state index contributed by atoms with van der Waals surface area (Å²) in [6.07, 6.45) is 0.0382. The van der Waals surface area contributed by atoms with Crippen LogP contribution in [-0.2, 0) is 6.18 Å². The number of anilines is 3. The van der Waals surface area contributed by atoms with Crippen LogP contribution in [0.25, 0.3) is 22.6 Å². The van der Waals surface area contributed by atoms with Gasteiger partial charge in [0.1, 0.15) is 28.5 Å². The van der Waals surface area contributed by atoms with Gasteiger partial charge in [-0.1, -0.05) is 0 Å². The van der Waals surface area contributed by atoms with Crippen LogP contribution >= 0.6 is 0 Å². The Kier molecular flexibility index (Phi) is 4.41. The number of nitrogens with zero attached hydrogens (tertiary/aromatic N) is 6. The summed E-state index contributed by atoms with van der Waals surface area (Å²) in [7, 11) is 0. The number of aromatic nitrogens is 6. The summed E-state index contributed by atoms with van der Waals surface area (Å²) in [6, 6.07) is 5.48. The van der Waals surface area contributed by atoms with Gasteiger partial charge in [-0.05, 0) is 36.8 Å². The van der Waals surface area contributed by atoms with Crippen molar-refractivity contribution in [2.75, 3.05) is 11.1 Å². The largest absolute Gasteiger partial charge is 0.419 e. The van der Waals surface area contributed by atoms with E-state index in [0.29, 0.717) is 28.2 Å². The minimum Gasteiger partial charge on any atom is -0.383 e. The van der Waals surface area contributed by atoms with E-state index in [9.17, 15) is 13.2 Å². The van der Waals surface area contributed by atoms with Crippen LogP contribution in [0, 0.1) is 6.92 Å². The highest BCUT2D eigenvalue weighted by atomic mass is 19.4. The van der Waals surface area contributed by atoms with Gasteiger partial charge in [0.25, 0.3) is 0 Å². The Bertz CT molecular complexity index is 1210. The molecule has 0 aliphatic heterocycles. The second kappa shape index (κ2) is 6.93. The molecule has 0 saturated heterocycles. The van der Waals surface area contributed by atoms with Gasteiger partial charge < -0.3 is 11.1 Å². The lowest BCUT2D eigenvalue weighted by atomic mass is 10.2. The third-order valence-electron chi connectivity index (χ3n) is 4.11. The maximum absolute atomic E-state index is 12.8. The first-order valence-electron chi connectivity index (χ1n) is 8.34. The van der Waals surface area contributed by atoms with Crippen LogP contribution in [0.1, 0.15) is 11.1 Å². The number of fused-ring (bicyclic) bond motifs is 1. The van der Waals surface area contributed by atoms with Gasteiger partial charge in [-0.15, -0.1) is 5.10 Å². The molecule has 0 atom stereocenters. The number of halogens is 3. The molecule has 0 bridgehead atoms. The number of nitrogen functional groups attached to an aromatic ring is 1. The minimum atomic E-state index is -4.57. The fourth-order valence-corrected chi connectivity index (χ4v) is 2.71. The van der Waals surface area contributed by atoms with Crippen molar-refractivity contribution in [2.45, 2.75) is 13.1 Å². The van der Waals surface area contributed by atoms with Gasteiger partial charge in [0.05, 0.1) is 17.4 Å². The number of nitrogens with two attached hydrogens (primary N) is 1. The zero-order valence-electron chi connectivity index (χ0n) is 14.9. The Morgan fingerprint density at radius 2 is 1.83 bits per heavy atom. The molecular weight excluding hydrogens is 385 g/mol. The highest BCUT2D eigenvalue weighted by molar-refractivity contribution is 5.87. The molecule has 11 heteroatoms. The van der Waals surface area contributed by atoms with Crippen molar-refractivity contribution in [1.29, 1.82) is 0 Å². The van der Waals surface area contributed by atoms with E-state index in [1.807, 2.05) is 6.92 Å². The van der Waals surface area contributed by atoms with Gasteiger partial charge in [-0.25, -0.2) is 19.9 Å². The topological polar surface area (TPSA) is 115 Å². The van der Waals surface area contributed by atoms with Gasteiger partial charge in [0, 0.05) is 12.4 Å². The van der Waals surface area contributed by atoms with Crippen LogP contribution in [0.3, 0.4) is 0 Å². The predicted molar refractivity (Wildman–Crippen MR) is 100 cm³/mol. The fraction of sp³-hybridized carbons (Fsp3) is 0.111. The third kappa shape index (κ3) is 3.61. The standard InChI is InChI=1S/C18H13F3N8/c1-9-4-7-25-29-14(9)12-8-24-15-11(5-6-23-17(15)27-12)26-13-3-2-10(16(22)28-13)18(19,20)21/h2-8H,1H3,(H3,22,23,26,27,28). The Morgan fingerprint density at radius 1 is 1.00 bits per heavy atom. The Hall–Kier alpha value is -3.89. The number of rotatable bonds is 3. The highest BCUT2D eigenvalue weighted by Gasteiger charge is 2.33. The van der Waals surface area contributed by atoms with Crippen molar-refractivity contribution >= 4 is 28.5 Å². The molecule has 0 radical (unpaired) electrons. The normalized spacial score (nSPS) is 11.6. The summed E-state index contributed by atoms with van der Waals surface area (Å²) in [4.78, 5) is 16.8. The molecule has 0 spiro atoms. The lowest BCUT2D eigenvalue weighted by Gasteiger charge is -2.12. The lowest BCUT2D eigenvalue weighted by molar-refractivity contribution is -0.137. The quantitative estimate of drug-likeness (QED) is 0.539. The fourth-order valence-electron chi connectivity index (χ4n) is 2.71. The first-order valence-corrected chi connectivity index (χ1v) is 8.34. The van der Waals surface area contributed by atoms with Crippen molar-refractivity contribution in [3.63, 3.8) is 0 Å². The van der Waals surface area contributed by atoms with Gasteiger partial charge in [0.15, 0.2) is 5.65 Å². The Balaban J connectivity index is 1.70. The van der Waals surface area contributed by atoms with E-state index < -0.39 is 17.6 Å². The SMILES string of the molecule is Cc1ccnnc1-c1cnc2c(Nc3ccc(C(F)(F)F)c(N)n3)ccnc2n1. The Labute approximate surface area is 162 Å². The molecular formula is C18H13F3N8. The first-order chi connectivity index (χ1) is 13.8. The second-order valence-electron chi connectivity index (χ2n) is 6.10. The number of hydrogen-bond acceptors (Lipinski definition) is 8. The molecule has 4 aromatic rings. The molecule has 146 valence electrons. The van der Waals surface area contributed by atoms with Crippen molar-refractivity contribution in [3.05, 3.63) is 54.0 Å². The molecule has 29 heavy (non-hydrogen) atoms. The second-order valence-corrected chi connectivity index (χ2v) is 6.10. The molecule has 4 heterocycles. The summed E-state index contributed by atoms with van der Waals surface area (Å²) in [6.45, 7) is 1.88. The minimum absolute atomic E-state index is 0.138. The van der Waals surface area contributed by atoms with Crippen LogP contribution in [0.4, 0.5) is 30.5 Å². The highest BCUT2D eigenvalue weighted by Crippen LogP contribution is 2.34. The van der Waals surface area contributed by atoms with E-state index in [2.05, 4.69) is 35.5 Å². The van der Waals surface area contributed by atoms with E-state index in [-0.39, 0.29) is 5.82 Å². The average molecular weight is 398 g/mol. The molecule has 0 unspecified atom stereocenters. The molecule has 0 aliphatic carbocycles. The number of aryl methyl sites for hydroxylation is 1. The molecule has 3 N–H and O–H groups in total. The smallest absolute Gasteiger partial charge is 0.383 e. The third-order valence-corrected chi connectivity index (χ3v) is 4.11. The first kappa shape index (κ1) is 18.5. The van der Waals surface area contributed by atoms with Gasteiger partial charge in [-0.2, -0.15) is 18.3 Å². The van der Waals surface area contributed by atoms with Crippen LogP contribution in [-0.4, -0.2) is 30.1 Å². The maximum Gasteiger partial charge on any atom is 0.419 e. The number of hydrogen-bond donors (Lipinski definition) is 2.